The molecule has 2 spiro atoms. The normalized spacial score (nSPS) is 17.3. The molecule has 4 aliphatic rings. The van der Waals surface area contributed by atoms with E-state index in [4.69, 9.17) is 0 Å². The smallest absolute Gasteiger partial charge is 0.0722 e. The molecule has 8 aromatic carbocycles. The second-order valence-electron chi connectivity index (χ2n) is 16.1. The Bertz CT molecular complexity index is 3200. The SMILES string of the molecule is C1=CC2=C(CC1)c1ccccc1C21c2ccccc2C2(c3ccccc3-c3ccccc32)c2cccc(-c3ccc(-c4ccc5c(c4)sc4ccccc45)cc3)c21.CC. The first-order valence-electron chi connectivity index (χ1n) is 21.2. The van der Waals surface area contributed by atoms with E-state index in [9.17, 15) is 0 Å². The molecule has 1 heteroatoms. The first-order chi connectivity index (χ1) is 29.3. The lowest BCUT2D eigenvalue weighted by atomic mass is 9.51. The van der Waals surface area contributed by atoms with Gasteiger partial charge in [-0.05, 0) is 114 Å². The molecule has 1 atom stereocenters. The predicted octanol–water partition coefficient (Wildman–Crippen LogP) is 15.5. The highest BCUT2D eigenvalue weighted by molar-refractivity contribution is 7.25. The van der Waals surface area contributed by atoms with Gasteiger partial charge in [-0.2, -0.15) is 0 Å². The van der Waals surface area contributed by atoms with Crippen LogP contribution >= 0.6 is 11.3 Å². The van der Waals surface area contributed by atoms with E-state index in [0.717, 1.165) is 12.8 Å². The van der Waals surface area contributed by atoms with Crippen LogP contribution in [0.15, 0.2) is 200 Å². The first kappa shape index (κ1) is 34.5. The highest BCUT2D eigenvalue weighted by atomic mass is 32.1. The molecule has 0 N–H and O–H groups in total. The molecule has 0 saturated heterocycles. The monoisotopic (exact) mass is 770 g/mol. The number of allylic oxidation sites excluding steroid dienone is 4. The molecule has 59 heavy (non-hydrogen) atoms. The maximum atomic E-state index is 2.48. The average molecular weight is 771 g/mol. The minimum absolute atomic E-state index is 0.476. The molecular weight excluding hydrogens is 729 g/mol. The number of benzene rings is 8. The van der Waals surface area contributed by atoms with E-state index < -0.39 is 10.8 Å². The predicted molar refractivity (Wildman–Crippen MR) is 250 cm³/mol. The number of hydrogen-bond donors (Lipinski definition) is 0. The topological polar surface area (TPSA) is 0 Å². The summed E-state index contributed by atoms with van der Waals surface area (Å²) in [6.45, 7) is 4.00. The Morgan fingerprint density at radius 3 is 1.66 bits per heavy atom. The third kappa shape index (κ3) is 4.44. The maximum absolute atomic E-state index is 2.48. The molecule has 0 bridgehead atoms. The Hall–Kier alpha value is -6.54. The van der Waals surface area contributed by atoms with E-state index in [2.05, 4.69) is 194 Å². The van der Waals surface area contributed by atoms with E-state index in [1.54, 1.807) is 0 Å². The summed E-state index contributed by atoms with van der Waals surface area (Å²) >= 11 is 1.88. The van der Waals surface area contributed by atoms with Gasteiger partial charge in [0.1, 0.15) is 0 Å². The van der Waals surface area contributed by atoms with Gasteiger partial charge < -0.3 is 0 Å². The fourth-order valence-corrected chi connectivity index (χ4v) is 12.7. The number of fused-ring (bicyclic) bond motifs is 18. The van der Waals surface area contributed by atoms with Crippen molar-refractivity contribution in [3.05, 3.63) is 244 Å². The second-order valence-corrected chi connectivity index (χ2v) is 17.2. The van der Waals surface area contributed by atoms with Crippen molar-refractivity contribution in [2.45, 2.75) is 37.5 Å². The fourth-order valence-electron chi connectivity index (χ4n) is 11.6. The molecule has 13 rings (SSSR count). The van der Waals surface area contributed by atoms with Crippen molar-refractivity contribution in [3.8, 4) is 33.4 Å². The van der Waals surface area contributed by atoms with Crippen LogP contribution in [0.3, 0.4) is 0 Å². The Balaban J connectivity index is 0.00000186. The zero-order chi connectivity index (χ0) is 39.3. The highest BCUT2D eigenvalue weighted by Gasteiger charge is 2.60. The number of thiophene rings is 1. The fraction of sp³-hybridized carbons (Fsp3) is 0.103. The van der Waals surface area contributed by atoms with Crippen LogP contribution in [-0.2, 0) is 10.8 Å². The summed E-state index contributed by atoms with van der Waals surface area (Å²) < 4.78 is 2.68. The summed E-state index contributed by atoms with van der Waals surface area (Å²) in [5.41, 5.74) is 20.9. The van der Waals surface area contributed by atoms with Crippen molar-refractivity contribution < 1.29 is 0 Å². The Labute approximate surface area is 350 Å². The largest absolute Gasteiger partial charge is 0.135 e. The van der Waals surface area contributed by atoms with E-state index in [0.29, 0.717) is 0 Å². The second kappa shape index (κ2) is 13.0. The van der Waals surface area contributed by atoms with Crippen molar-refractivity contribution in [2.24, 2.45) is 0 Å². The zero-order valence-corrected chi connectivity index (χ0v) is 34.1. The maximum Gasteiger partial charge on any atom is 0.0722 e. The van der Waals surface area contributed by atoms with Crippen LogP contribution in [0.5, 0.6) is 0 Å². The van der Waals surface area contributed by atoms with Crippen LogP contribution in [-0.4, -0.2) is 0 Å². The van der Waals surface area contributed by atoms with Gasteiger partial charge in [-0.15, -0.1) is 11.3 Å². The summed E-state index contributed by atoms with van der Waals surface area (Å²) in [6, 6.07) is 69.5. The zero-order valence-electron chi connectivity index (χ0n) is 33.3. The number of rotatable bonds is 2. The molecule has 1 aromatic heterocycles. The van der Waals surface area contributed by atoms with Crippen LogP contribution in [0.1, 0.15) is 71.2 Å². The summed E-state index contributed by atoms with van der Waals surface area (Å²) in [7, 11) is 0. The molecule has 0 saturated carbocycles. The average Bonchev–Trinajstić information content (AvgIpc) is 3.94. The van der Waals surface area contributed by atoms with Crippen LogP contribution in [0.4, 0.5) is 0 Å². The summed E-state index contributed by atoms with van der Waals surface area (Å²) in [5.74, 6) is 0. The third-order valence-electron chi connectivity index (χ3n) is 13.7. The van der Waals surface area contributed by atoms with Gasteiger partial charge >= 0.3 is 0 Å². The summed E-state index contributed by atoms with van der Waals surface area (Å²) in [6.07, 6.45) is 7.03. The molecule has 4 aliphatic carbocycles. The molecular formula is C58H42S. The van der Waals surface area contributed by atoms with Crippen molar-refractivity contribution in [2.75, 3.05) is 0 Å². The Morgan fingerprint density at radius 2 is 0.932 bits per heavy atom. The van der Waals surface area contributed by atoms with Gasteiger partial charge in [0.15, 0.2) is 0 Å². The molecule has 9 aromatic rings. The molecule has 0 amide bonds. The van der Waals surface area contributed by atoms with Crippen LogP contribution in [0, 0.1) is 0 Å². The standard InChI is InChI=1S/C56H36S.C2H6/c1-6-20-45-39(14-1)40-15-2-7-21-46(40)55(45)49-24-10-11-25-50(49)56(47-22-8-3-16-41(47)42-17-4-9-23-48(42)56)54-38(19-13-26-51(54)55)36-30-28-35(29-31-36)37-32-33-44-43-18-5-12-27-52(43)57-53(44)34-37;1-2/h1-3,5-16,18-34H,4,17H2;1-2H3. The van der Waals surface area contributed by atoms with Crippen molar-refractivity contribution >= 4 is 37.1 Å². The van der Waals surface area contributed by atoms with Crippen LogP contribution in [0.2, 0.25) is 0 Å². The first-order valence-corrected chi connectivity index (χ1v) is 22.0. The van der Waals surface area contributed by atoms with E-state index in [1.165, 1.54) is 109 Å². The quantitative estimate of drug-likeness (QED) is 0.164. The molecule has 0 nitrogen and oxygen atoms in total. The van der Waals surface area contributed by atoms with E-state index in [-0.39, 0.29) is 0 Å². The van der Waals surface area contributed by atoms with Gasteiger partial charge in [0, 0.05) is 20.2 Å². The summed E-state index contributed by atoms with van der Waals surface area (Å²) in [5, 5.41) is 2.68. The molecule has 0 radical (unpaired) electrons. The van der Waals surface area contributed by atoms with Crippen molar-refractivity contribution in [1.29, 1.82) is 0 Å². The third-order valence-corrected chi connectivity index (χ3v) is 14.8. The van der Waals surface area contributed by atoms with Gasteiger partial charge in [0.05, 0.1) is 10.8 Å². The minimum Gasteiger partial charge on any atom is -0.135 e. The molecule has 1 heterocycles. The molecule has 0 fully saturated rings. The van der Waals surface area contributed by atoms with E-state index >= 15 is 0 Å². The van der Waals surface area contributed by atoms with Crippen LogP contribution < -0.4 is 0 Å². The van der Waals surface area contributed by atoms with Gasteiger partial charge in [0.25, 0.3) is 0 Å². The molecule has 280 valence electrons. The lowest BCUT2D eigenvalue weighted by Gasteiger charge is -2.50. The van der Waals surface area contributed by atoms with Gasteiger partial charge in [-0.1, -0.05) is 196 Å². The molecule has 0 aliphatic heterocycles. The Kier molecular flexibility index (Phi) is 7.59. The van der Waals surface area contributed by atoms with Gasteiger partial charge in [-0.3, -0.25) is 0 Å². The Morgan fingerprint density at radius 1 is 0.407 bits per heavy atom. The van der Waals surface area contributed by atoms with Gasteiger partial charge in [-0.25, -0.2) is 0 Å². The van der Waals surface area contributed by atoms with Crippen molar-refractivity contribution in [1.82, 2.24) is 0 Å². The van der Waals surface area contributed by atoms with Crippen molar-refractivity contribution in [3.63, 3.8) is 0 Å². The van der Waals surface area contributed by atoms with Crippen LogP contribution in [0.25, 0.3) is 59.1 Å². The van der Waals surface area contributed by atoms with Gasteiger partial charge in [0.2, 0.25) is 0 Å². The molecule has 1 unspecified atom stereocenters. The minimum atomic E-state index is -0.478. The lowest BCUT2D eigenvalue weighted by Crippen LogP contribution is -2.44. The lowest BCUT2D eigenvalue weighted by molar-refractivity contribution is 0.630. The number of hydrogen-bond acceptors (Lipinski definition) is 1. The highest BCUT2D eigenvalue weighted by Crippen LogP contribution is 2.68. The van der Waals surface area contributed by atoms with E-state index in [1.807, 2.05) is 25.2 Å². The summed E-state index contributed by atoms with van der Waals surface area (Å²) in [4.78, 5) is 0.